The van der Waals surface area contributed by atoms with Crippen LogP contribution < -0.4 is 0 Å². The van der Waals surface area contributed by atoms with E-state index in [4.69, 9.17) is 5.41 Å². The molecule has 3 rings (SSSR count). The van der Waals surface area contributed by atoms with Gasteiger partial charge in [0.25, 0.3) is 5.91 Å². The molecule has 0 bridgehead atoms. The van der Waals surface area contributed by atoms with Crippen LogP contribution in [0.3, 0.4) is 0 Å². The number of hydrogen-bond donors (Lipinski definition) is 2. The summed E-state index contributed by atoms with van der Waals surface area (Å²) in [6.45, 7) is 0.600. The summed E-state index contributed by atoms with van der Waals surface area (Å²) in [4.78, 5) is 25.9. The number of Topliss-reactive ketones (excluding diaryl/α,β-unsaturated/α-hetero) is 1. The third kappa shape index (κ3) is 5.19. The predicted octanol–water partition coefficient (Wildman–Crippen LogP) is 4.25. The second-order valence-electron chi connectivity index (χ2n) is 7.33. The first kappa shape index (κ1) is 20.5. The number of likely N-dealkylation sites (tertiary alicyclic amines) is 1. The van der Waals surface area contributed by atoms with Crippen molar-refractivity contribution in [2.75, 3.05) is 6.54 Å². The van der Waals surface area contributed by atoms with Crippen LogP contribution in [-0.4, -0.2) is 40.5 Å². The number of nitrogens with one attached hydrogen (secondary N) is 1. The van der Waals surface area contributed by atoms with Gasteiger partial charge in [-0.25, -0.2) is 0 Å². The molecule has 0 saturated carbocycles. The van der Waals surface area contributed by atoms with Crippen molar-refractivity contribution >= 4 is 17.9 Å². The number of nitrogens with zero attached hydrogens (tertiary/aromatic N) is 1. The number of carbonyl (C=O) groups excluding carboxylic acids is 2. The monoisotopic (exact) mass is 390 g/mol. The first-order chi connectivity index (χ1) is 14.1. The number of carbonyl (C=O) groups is 2. The third-order valence-corrected chi connectivity index (χ3v) is 5.47. The molecule has 1 unspecified atom stereocenters. The highest BCUT2D eigenvalue weighted by Crippen LogP contribution is 2.33. The van der Waals surface area contributed by atoms with Gasteiger partial charge < -0.3 is 15.4 Å². The van der Waals surface area contributed by atoms with Gasteiger partial charge >= 0.3 is 0 Å². The molecule has 2 N–H and O–H groups in total. The van der Waals surface area contributed by atoms with E-state index in [1.54, 1.807) is 4.90 Å². The summed E-state index contributed by atoms with van der Waals surface area (Å²) in [6, 6.07) is 20.6. The minimum atomic E-state index is -0.863. The highest BCUT2D eigenvalue weighted by Gasteiger charge is 2.29. The lowest BCUT2D eigenvalue weighted by Crippen LogP contribution is -2.44. The molecular weight excluding hydrogens is 364 g/mol. The Balaban J connectivity index is 1.86. The number of piperidine rings is 1. The Bertz CT molecular complexity index is 838. The number of hydrogen-bond acceptors (Lipinski definition) is 4. The molecule has 150 valence electrons. The number of allylic oxidation sites excluding steroid dienone is 1. The van der Waals surface area contributed by atoms with Crippen molar-refractivity contribution < 1.29 is 14.7 Å². The molecule has 1 aliphatic rings. The van der Waals surface area contributed by atoms with E-state index in [1.165, 1.54) is 11.1 Å². The topological polar surface area (TPSA) is 81.5 Å². The highest BCUT2D eigenvalue weighted by atomic mass is 16.3. The van der Waals surface area contributed by atoms with Gasteiger partial charge in [0.2, 0.25) is 5.78 Å². The van der Waals surface area contributed by atoms with Crippen LogP contribution >= 0.6 is 0 Å². The molecule has 5 nitrogen and oxygen atoms in total. The molecule has 1 atom stereocenters. The van der Waals surface area contributed by atoms with Crippen molar-refractivity contribution in [3.63, 3.8) is 0 Å². The molecule has 2 aromatic carbocycles. The quantitative estimate of drug-likeness (QED) is 0.421. The Kier molecular flexibility index (Phi) is 6.95. The van der Waals surface area contributed by atoms with Crippen molar-refractivity contribution in [2.24, 2.45) is 0 Å². The summed E-state index contributed by atoms with van der Waals surface area (Å²) < 4.78 is 0. The fourth-order valence-corrected chi connectivity index (χ4v) is 3.99. The zero-order valence-corrected chi connectivity index (χ0v) is 16.3. The minimum absolute atomic E-state index is 0.0146. The van der Waals surface area contributed by atoms with E-state index < -0.39 is 11.5 Å². The summed E-state index contributed by atoms with van der Waals surface area (Å²) in [5.41, 5.74) is 2.41. The van der Waals surface area contributed by atoms with Crippen LogP contribution in [0.2, 0.25) is 0 Å². The Morgan fingerprint density at radius 2 is 1.62 bits per heavy atom. The first-order valence-electron chi connectivity index (χ1n) is 9.96. The van der Waals surface area contributed by atoms with Crippen LogP contribution in [0.5, 0.6) is 0 Å². The number of benzene rings is 2. The van der Waals surface area contributed by atoms with Gasteiger partial charge in [0.1, 0.15) is 0 Å². The average molecular weight is 390 g/mol. The number of rotatable bonds is 7. The molecule has 0 aliphatic carbocycles. The van der Waals surface area contributed by atoms with Crippen LogP contribution in [-0.2, 0) is 9.59 Å². The average Bonchev–Trinajstić information content (AvgIpc) is 2.78. The normalized spacial score (nSPS) is 17.2. The molecule has 2 aromatic rings. The molecule has 0 spiro atoms. The van der Waals surface area contributed by atoms with Crippen LogP contribution in [0.1, 0.15) is 42.7 Å². The van der Waals surface area contributed by atoms with E-state index >= 15 is 0 Å². The Labute approximate surface area is 171 Å². The van der Waals surface area contributed by atoms with E-state index in [1.807, 2.05) is 36.4 Å². The smallest absolute Gasteiger partial charge is 0.250 e. The fraction of sp³-hybridized carbons (Fsp3) is 0.292. The molecule has 1 aliphatic heterocycles. The zero-order chi connectivity index (χ0) is 20.6. The summed E-state index contributed by atoms with van der Waals surface area (Å²) in [5, 5.41) is 16.7. The van der Waals surface area contributed by atoms with Gasteiger partial charge in [-0.2, -0.15) is 0 Å². The van der Waals surface area contributed by atoms with E-state index in [0.29, 0.717) is 12.8 Å². The Morgan fingerprint density at radius 3 is 2.17 bits per heavy atom. The highest BCUT2D eigenvalue weighted by molar-refractivity contribution is 6.33. The first-order valence-corrected chi connectivity index (χ1v) is 9.96. The lowest BCUT2D eigenvalue weighted by molar-refractivity contribution is -0.130. The SMILES string of the molecule is N=CC(=O)/C(O)=C/C(=O)N1CCCCC1CC(c1ccccc1)c1ccccc1. The maximum Gasteiger partial charge on any atom is 0.250 e. The van der Waals surface area contributed by atoms with E-state index in [9.17, 15) is 14.7 Å². The van der Waals surface area contributed by atoms with Crippen LogP contribution in [0, 0.1) is 5.41 Å². The van der Waals surface area contributed by atoms with Gasteiger partial charge in [-0.1, -0.05) is 60.7 Å². The maximum absolute atomic E-state index is 12.8. The third-order valence-electron chi connectivity index (χ3n) is 5.47. The van der Waals surface area contributed by atoms with Crippen molar-refractivity contribution in [2.45, 2.75) is 37.6 Å². The Hall–Kier alpha value is -3.21. The summed E-state index contributed by atoms with van der Waals surface area (Å²) in [7, 11) is 0. The number of aliphatic hydroxyl groups is 1. The van der Waals surface area contributed by atoms with Crippen molar-refractivity contribution in [1.29, 1.82) is 5.41 Å². The molecule has 5 heteroatoms. The fourth-order valence-electron chi connectivity index (χ4n) is 3.99. The molecule has 29 heavy (non-hydrogen) atoms. The maximum atomic E-state index is 12.8. The van der Waals surface area contributed by atoms with Crippen molar-refractivity contribution in [3.05, 3.63) is 83.6 Å². The standard InChI is InChI=1S/C24H26N2O3/c25-17-23(28)22(27)16-24(29)26-14-8-7-13-20(26)15-21(18-9-3-1-4-10-18)19-11-5-2-6-12-19/h1-6,9-12,16-17,20-21,25,27H,7-8,13-15H2/b22-16-,25-17?. The van der Waals surface area contributed by atoms with Crippen molar-refractivity contribution in [3.8, 4) is 0 Å². The summed E-state index contributed by atoms with van der Waals surface area (Å²) in [6.07, 6.45) is 5.05. The number of ketones is 1. The van der Waals surface area contributed by atoms with Gasteiger partial charge in [-0.3, -0.25) is 9.59 Å². The van der Waals surface area contributed by atoms with Gasteiger partial charge in [0, 0.05) is 24.6 Å². The zero-order valence-electron chi connectivity index (χ0n) is 16.3. The van der Waals surface area contributed by atoms with Crippen LogP contribution in [0.4, 0.5) is 0 Å². The largest absolute Gasteiger partial charge is 0.504 e. The second-order valence-corrected chi connectivity index (χ2v) is 7.33. The lowest BCUT2D eigenvalue weighted by Gasteiger charge is -2.37. The predicted molar refractivity (Wildman–Crippen MR) is 113 cm³/mol. The molecule has 1 fully saturated rings. The van der Waals surface area contributed by atoms with Crippen LogP contribution in [0.15, 0.2) is 72.5 Å². The summed E-state index contributed by atoms with van der Waals surface area (Å²) >= 11 is 0. The molecule has 1 amide bonds. The second kappa shape index (κ2) is 9.82. The molecule has 1 heterocycles. The number of aliphatic hydroxyl groups excluding tert-OH is 1. The van der Waals surface area contributed by atoms with Gasteiger partial charge in [0.15, 0.2) is 5.76 Å². The summed E-state index contributed by atoms with van der Waals surface area (Å²) in [5.74, 6) is -1.77. The minimum Gasteiger partial charge on any atom is -0.504 e. The molecular formula is C24H26N2O3. The van der Waals surface area contributed by atoms with Gasteiger partial charge in [-0.05, 0) is 36.8 Å². The van der Waals surface area contributed by atoms with E-state index in [2.05, 4.69) is 24.3 Å². The van der Waals surface area contributed by atoms with E-state index in [0.717, 1.165) is 31.8 Å². The van der Waals surface area contributed by atoms with Crippen molar-refractivity contribution in [1.82, 2.24) is 4.90 Å². The van der Waals surface area contributed by atoms with Gasteiger partial charge in [-0.15, -0.1) is 0 Å². The number of amides is 1. The van der Waals surface area contributed by atoms with Gasteiger partial charge in [0.05, 0.1) is 6.21 Å². The Morgan fingerprint density at radius 1 is 1.03 bits per heavy atom. The van der Waals surface area contributed by atoms with E-state index in [-0.39, 0.29) is 17.9 Å². The molecule has 0 radical (unpaired) electrons. The van der Waals surface area contributed by atoms with Crippen LogP contribution in [0.25, 0.3) is 0 Å². The molecule has 0 aromatic heterocycles. The molecule has 1 saturated heterocycles. The lowest BCUT2D eigenvalue weighted by atomic mass is 9.83.